The molecule has 128 valence electrons. The Morgan fingerprint density at radius 3 is 2.80 bits per heavy atom. The van der Waals surface area contributed by atoms with Gasteiger partial charge in [0.05, 0.1) is 17.1 Å². The Hall–Kier alpha value is -1.85. The number of hydrogen-bond acceptors (Lipinski definition) is 4. The highest BCUT2D eigenvalue weighted by atomic mass is 35.5. The monoisotopic (exact) mass is 373 g/mol. The first kappa shape index (κ1) is 15.4. The van der Waals surface area contributed by atoms with Gasteiger partial charge in [-0.2, -0.15) is 10.1 Å². The van der Waals surface area contributed by atoms with Gasteiger partial charge in [-0.1, -0.05) is 24.4 Å². The lowest BCUT2D eigenvalue weighted by atomic mass is 9.96. The molecule has 1 unspecified atom stereocenters. The van der Waals surface area contributed by atoms with Crippen LogP contribution < -0.4 is 5.32 Å². The number of hydrogen-bond donors (Lipinski definition) is 1. The Morgan fingerprint density at radius 2 is 1.96 bits per heavy atom. The fourth-order valence-corrected chi connectivity index (χ4v) is 4.44. The molecule has 1 N–H and O–H groups in total. The summed E-state index contributed by atoms with van der Waals surface area (Å²) in [5.74, 6) is 0.0953. The summed E-state index contributed by atoms with van der Waals surface area (Å²) in [5, 5.41) is 10.1. The zero-order chi connectivity index (χ0) is 17.0. The van der Waals surface area contributed by atoms with Crippen molar-refractivity contribution in [3.63, 3.8) is 0 Å². The first-order valence-corrected chi connectivity index (χ1v) is 9.40. The zero-order valence-electron chi connectivity index (χ0n) is 13.5. The van der Waals surface area contributed by atoms with Crippen molar-refractivity contribution in [1.29, 1.82) is 0 Å². The van der Waals surface area contributed by atoms with Crippen molar-refractivity contribution in [2.75, 3.05) is 11.9 Å². The summed E-state index contributed by atoms with van der Waals surface area (Å²) in [6, 6.07) is 6.38. The van der Waals surface area contributed by atoms with E-state index >= 15 is 0 Å². The average molecular weight is 374 g/mol. The molecule has 25 heavy (non-hydrogen) atoms. The molecule has 1 fully saturated rings. The number of benzene rings is 1. The van der Waals surface area contributed by atoms with Gasteiger partial charge < -0.3 is 5.32 Å². The number of aromatic nitrogens is 4. The number of halogens is 2. The van der Waals surface area contributed by atoms with Gasteiger partial charge in [0.25, 0.3) is 0 Å². The van der Waals surface area contributed by atoms with Crippen molar-refractivity contribution in [2.24, 2.45) is 0 Å². The second kappa shape index (κ2) is 5.85. The summed E-state index contributed by atoms with van der Waals surface area (Å²) in [4.78, 5) is 8.92. The minimum atomic E-state index is 0.0953. The molecule has 7 heteroatoms. The summed E-state index contributed by atoms with van der Waals surface area (Å²) in [6.45, 7) is 0.771. The van der Waals surface area contributed by atoms with E-state index in [1.807, 2.05) is 18.2 Å². The van der Waals surface area contributed by atoms with E-state index in [0.717, 1.165) is 33.9 Å². The Balaban J connectivity index is 1.65. The molecule has 1 aliphatic carbocycles. The lowest BCUT2D eigenvalue weighted by Gasteiger charge is -2.11. The summed E-state index contributed by atoms with van der Waals surface area (Å²) < 4.78 is 2.06. The molecular weight excluding hydrogens is 357 g/mol. The van der Waals surface area contributed by atoms with Gasteiger partial charge in [-0.15, -0.1) is 0 Å². The predicted molar refractivity (Wildman–Crippen MR) is 99.6 cm³/mol. The molecule has 5 rings (SSSR count). The third kappa shape index (κ3) is 2.57. The number of anilines is 1. The van der Waals surface area contributed by atoms with Gasteiger partial charge in [0.1, 0.15) is 0 Å². The second-order valence-electron chi connectivity index (χ2n) is 6.83. The van der Waals surface area contributed by atoms with Crippen LogP contribution in [-0.2, 0) is 0 Å². The molecule has 5 nitrogen and oxygen atoms in total. The third-order valence-corrected chi connectivity index (χ3v) is 5.72. The second-order valence-corrected chi connectivity index (χ2v) is 7.60. The number of fused-ring (bicyclic) bond motifs is 2. The van der Waals surface area contributed by atoms with Crippen molar-refractivity contribution < 1.29 is 0 Å². The normalized spacial score (nSPS) is 20.2. The van der Waals surface area contributed by atoms with Crippen LogP contribution in [0.1, 0.15) is 48.9 Å². The maximum atomic E-state index is 6.21. The summed E-state index contributed by atoms with van der Waals surface area (Å²) in [7, 11) is 0. The number of nitrogens with zero attached hydrogens (tertiary/aromatic N) is 4. The van der Waals surface area contributed by atoms with E-state index in [9.17, 15) is 0 Å². The predicted octanol–water partition coefficient (Wildman–Crippen LogP) is 4.81. The first-order valence-electron chi connectivity index (χ1n) is 8.64. The highest BCUT2D eigenvalue weighted by Gasteiger charge is 2.29. The molecule has 1 aliphatic heterocycles. The fourth-order valence-electron chi connectivity index (χ4n) is 4.09. The number of rotatable bonds is 2. The summed E-state index contributed by atoms with van der Waals surface area (Å²) in [5.41, 5.74) is 3.85. The van der Waals surface area contributed by atoms with Crippen LogP contribution in [0.5, 0.6) is 0 Å². The Bertz CT molecular complexity index is 961. The molecule has 1 saturated carbocycles. The van der Waals surface area contributed by atoms with E-state index < -0.39 is 0 Å². The van der Waals surface area contributed by atoms with Crippen LogP contribution in [0, 0.1) is 0 Å². The van der Waals surface area contributed by atoms with Gasteiger partial charge in [0.15, 0.2) is 5.65 Å². The molecule has 0 spiro atoms. The van der Waals surface area contributed by atoms with Crippen LogP contribution in [0.2, 0.25) is 10.3 Å². The van der Waals surface area contributed by atoms with Crippen LogP contribution in [0.25, 0.3) is 11.0 Å². The molecule has 1 atom stereocenters. The highest BCUT2D eigenvalue weighted by molar-refractivity contribution is 6.30. The molecule has 3 aromatic rings. The molecule has 1 aromatic carbocycles. The van der Waals surface area contributed by atoms with Gasteiger partial charge in [-0.25, -0.2) is 4.98 Å². The van der Waals surface area contributed by atoms with Crippen molar-refractivity contribution in [3.05, 3.63) is 46.0 Å². The summed E-state index contributed by atoms with van der Waals surface area (Å²) >= 11 is 12.4. The van der Waals surface area contributed by atoms with Crippen molar-refractivity contribution in [1.82, 2.24) is 19.7 Å². The quantitative estimate of drug-likeness (QED) is 0.655. The molecule has 2 aliphatic rings. The van der Waals surface area contributed by atoms with Crippen molar-refractivity contribution >= 4 is 39.9 Å². The van der Waals surface area contributed by atoms with E-state index in [4.69, 9.17) is 28.3 Å². The van der Waals surface area contributed by atoms with E-state index in [0.29, 0.717) is 11.7 Å². The van der Waals surface area contributed by atoms with Crippen LogP contribution in [0.15, 0.2) is 24.4 Å². The largest absolute Gasteiger partial charge is 0.384 e. The van der Waals surface area contributed by atoms with Crippen LogP contribution in [-0.4, -0.2) is 26.3 Å². The maximum absolute atomic E-state index is 6.21. The number of nitrogens with one attached hydrogen (secondary N) is 1. The Labute approximate surface area is 155 Å². The van der Waals surface area contributed by atoms with Crippen molar-refractivity contribution in [2.45, 2.75) is 37.6 Å². The molecule has 3 heterocycles. The molecule has 0 amide bonds. The van der Waals surface area contributed by atoms with Crippen LogP contribution in [0.4, 0.5) is 5.69 Å². The first-order chi connectivity index (χ1) is 12.2. The van der Waals surface area contributed by atoms with E-state index in [1.165, 1.54) is 25.7 Å². The zero-order valence-corrected chi connectivity index (χ0v) is 15.1. The van der Waals surface area contributed by atoms with Crippen molar-refractivity contribution in [3.8, 4) is 0 Å². The molecule has 0 radical (unpaired) electrons. The minimum Gasteiger partial charge on any atom is -0.384 e. The Kier molecular flexibility index (Phi) is 3.61. The standard InChI is InChI=1S/C18H17Cl2N5/c19-10-5-6-15-12(7-10)13(8-21-15)16-14-9-25(11-3-1-2-4-11)24-17(14)23-18(20)22-16/h5-7,9,11,13,21H,1-4,8H2. The highest BCUT2D eigenvalue weighted by Crippen LogP contribution is 2.40. The topological polar surface area (TPSA) is 55.6 Å². The van der Waals surface area contributed by atoms with Gasteiger partial charge in [-0.05, 0) is 48.2 Å². The van der Waals surface area contributed by atoms with Gasteiger partial charge >= 0.3 is 0 Å². The Morgan fingerprint density at radius 1 is 1.12 bits per heavy atom. The van der Waals surface area contributed by atoms with Gasteiger partial charge in [0.2, 0.25) is 5.28 Å². The van der Waals surface area contributed by atoms with E-state index in [1.54, 1.807) is 0 Å². The lowest BCUT2D eigenvalue weighted by molar-refractivity contribution is 0.470. The maximum Gasteiger partial charge on any atom is 0.224 e. The van der Waals surface area contributed by atoms with Crippen LogP contribution >= 0.6 is 23.2 Å². The molecule has 2 aromatic heterocycles. The minimum absolute atomic E-state index is 0.0953. The molecular formula is C18H17Cl2N5. The summed E-state index contributed by atoms with van der Waals surface area (Å²) in [6.07, 6.45) is 6.97. The van der Waals surface area contributed by atoms with E-state index in [-0.39, 0.29) is 11.2 Å². The fraction of sp³-hybridized carbons (Fsp3) is 0.389. The average Bonchev–Trinajstić information content (AvgIpc) is 3.32. The van der Waals surface area contributed by atoms with Gasteiger partial charge in [0, 0.05) is 29.4 Å². The third-order valence-electron chi connectivity index (χ3n) is 5.31. The molecule has 0 bridgehead atoms. The van der Waals surface area contributed by atoms with Crippen LogP contribution in [0.3, 0.4) is 0 Å². The van der Waals surface area contributed by atoms with Gasteiger partial charge in [-0.3, -0.25) is 4.68 Å². The smallest absolute Gasteiger partial charge is 0.224 e. The SMILES string of the molecule is Clc1ccc2c(c1)C(c1nc(Cl)nc3nn(C4CCCC4)cc13)CN2. The van der Waals surface area contributed by atoms with E-state index in [2.05, 4.69) is 26.2 Å². The lowest BCUT2D eigenvalue weighted by Crippen LogP contribution is -2.07. The molecule has 0 saturated heterocycles.